The standard InChI is InChI=1S/C33H31N5O4S/c1-22-13-14-24(20-30(22)43(40,41)34-21-27-10-7-19-42-27)31-28-11-5-6-12-29(28)32(38-37-31)35-26-17-15-23(16-18-26)33(39)36-25-8-3-2-4-9-25/h2-6,8-9,11-18,20,27,34H,7,10,19,21H2,1H3,(H,35,38)(H,36,39)/t27-/m0/s1. The quantitative estimate of drug-likeness (QED) is 0.190. The highest BCUT2D eigenvalue weighted by Gasteiger charge is 2.23. The van der Waals surface area contributed by atoms with Gasteiger partial charge in [0.15, 0.2) is 5.82 Å². The average molecular weight is 594 g/mol. The van der Waals surface area contributed by atoms with Crippen LogP contribution in [-0.2, 0) is 14.8 Å². The van der Waals surface area contributed by atoms with E-state index in [2.05, 4.69) is 25.6 Å². The Bertz CT molecular complexity index is 1870. The number of aromatic nitrogens is 2. The van der Waals surface area contributed by atoms with E-state index in [0.29, 0.717) is 34.8 Å². The van der Waals surface area contributed by atoms with E-state index in [1.807, 2.05) is 72.8 Å². The highest BCUT2D eigenvalue weighted by atomic mass is 32.2. The average Bonchev–Trinajstić information content (AvgIpc) is 3.55. The molecule has 1 atom stereocenters. The van der Waals surface area contributed by atoms with Crippen molar-refractivity contribution in [3.8, 4) is 11.3 Å². The Labute approximate surface area is 250 Å². The summed E-state index contributed by atoms with van der Waals surface area (Å²) in [5.74, 6) is 0.341. The number of carbonyl (C=O) groups is 1. The van der Waals surface area contributed by atoms with Crippen LogP contribution in [0.3, 0.4) is 0 Å². The molecule has 6 rings (SSSR count). The molecule has 1 saturated heterocycles. The van der Waals surface area contributed by atoms with Crippen LogP contribution in [0.1, 0.15) is 28.8 Å². The molecular weight excluding hydrogens is 562 g/mol. The number of hydrogen-bond acceptors (Lipinski definition) is 7. The number of sulfonamides is 1. The molecule has 9 nitrogen and oxygen atoms in total. The number of amides is 1. The summed E-state index contributed by atoms with van der Waals surface area (Å²) in [7, 11) is -3.76. The van der Waals surface area contributed by atoms with Crippen LogP contribution in [0.15, 0.2) is 102 Å². The van der Waals surface area contributed by atoms with E-state index in [4.69, 9.17) is 4.74 Å². The number of fused-ring (bicyclic) bond motifs is 1. The molecule has 0 radical (unpaired) electrons. The summed E-state index contributed by atoms with van der Waals surface area (Å²) in [4.78, 5) is 12.8. The zero-order chi connectivity index (χ0) is 29.8. The van der Waals surface area contributed by atoms with E-state index in [1.54, 1.807) is 31.2 Å². The molecule has 2 heterocycles. The molecule has 4 aromatic carbocycles. The minimum absolute atomic E-state index is 0.101. The van der Waals surface area contributed by atoms with E-state index in [1.165, 1.54) is 0 Å². The summed E-state index contributed by atoms with van der Waals surface area (Å²) >= 11 is 0. The monoisotopic (exact) mass is 593 g/mol. The summed E-state index contributed by atoms with van der Waals surface area (Å²) in [6.45, 7) is 2.68. The molecule has 10 heteroatoms. The van der Waals surface area contributed by atoms with Crippen LogP contribution in [0.5, 0.6) is 0 Å². The number of rotatable bonds is 9. The molecule has 0 bridgehead atoms. The van der Waals surface area contributed by atoms with E-state index in [9.17, 15) is 13.2 Å². The molecule has 0 aliphatic carbocycles. The lowest BCUT2D eigenvalue weighted by Crippen LogP contribution is -2.32. The summed E-state index contributed by atoms with van der Waals surface area (Å²) in [6.07, 6.45) is 1.68. The molecule has 1 aliphatic heterocycles. The van der Waals surface area contributed by atoms with Gasteiger partial charge in [0, 0.05) is 46.4 Å². The number of para-hydroxylation sites is 1. The van der Waals surface area contributed by atoms with Gasteiger partial charge in [-0.05, 0) is 67.8 Å². The zero-order valence-corrected chi connectivity index (χ0v) is 24.4. The predicted molar refractivity (Wildman–Crippen MR) is 168 cm³/mol. The number of ether oxygens (including phenoxy) is 1. The number of benzene rings is 4. The van der Waals surface area contributed by atoms with Crippen molar-refractivity contribution >= 4 is 43.9 Å². The van der Waals surface area contributed by atoms with Crippen LogP contribution in [0.25, 0.3) is 22.0 Å². The third-order valence-corrected chi connectivity index (χ3v) is 8.97. The van der Waals surface area contributed by atoms with Crippen molar-refractivity contribution in [1.82, 2.24) is 14.9 Å². The van der Waals surface area contributed by atoms with Gasteiger partial charge in [-0.1, -0.05) is 54.6 Å². The van der Waals surface area contributed by atoms with Gasteiger partial charge in [0.25, 0.3) is 5.91 Å². The van der Waals surface area contributed by atoms with Crippen LogP contribution in [-0.4, -0.2) is 43.8 Å². The maximum Gasteiger partial charge on any atom is 0.255 e. The van der Waals surface area contributed by atoms with Crippen molar-refractivity contribution in [1.29, 1.82) is 0 Å². The summed E-state index contributed by atoms with van der Waals surface area (Å²) in [5.41, 5.74) is 3.85. The van der Waals surface area contributed by atoms with Crippen molar-refractivity contribution in [2.75, 3.05) is 23.8 Å². The fraction of sp³-hybridized carbons (Fsp3) is 0.182. The Morgan fingerprint density at radius 1 is 0.884 bits per heavy atom. The third-order valence-electron chi connectivity index (χ3n) is 7.40. The molecular formula is C33H31N5O4S. The first-order chi connectivity index (χ1) is 20.9. The van der Waals surface area contributed by atoms with Crippen molar-refractivity contribution in [2.24, 2.45) is 0 Å². The first-order valence-electron chi connectivity index (χ1n) is 14.1. The highest BCUT2D eigenvalue weighted by molar-refractivity contribution is 7.89. The Kier molecular flexibility index (Phi) is 8.15. The van der Waals surface area contributed by atoms with Gasteiger partial charge in [-0.25, -0.2) is 13.1 Å². The summed E-state index contributed by atoms with van der Waals surface area (Å²) in [6, 6.07) is 29.4. The summed E-state index contributed by atoms with van der Waals surface area (Å²) < 4.78 is 34.8. The van der Waals surface area contributed by atoms with Gasteiger partial charge < -0.3 is 15.4 Å². The van der Waals surface area contributed by atoms with Crippen LogP contribution >= 0.6 is 0 Å². The van der Waals surface area contributed by atoms with Gasteiger partial charge in [-0.2, -0.15) is 0 Å². The van der Waals surface area contributed by atoms with Crippen LogP contribution < -0.4 is 15.4 Å². The molecule has 0 unspecified atom stereocenters. The molecule has 218 valence electrons. The largest absolute Gasteiger partial charge is 0.377 e. The highest BCUT2D eigenvalue weighted by Crippen LogP contribution is 2.33. The number of anilines is 3. The van der Waals surface area contributed by atoms with Crippen LogP contribution in [0.4, 0.5) is 17.2 Å². The third kappa shape index (κ3) is 6.41. The second-order valence-electron chi connectivity index (χ2n) is 10.4. The van der Waals surface area contributed by atoms with Gasteiger partial charge in [0.05, 0.1) is 11.0 Å². The molecule has 43 heavy (non-hydrogen) atoms. The van der Waals surface area contributed by atoms with Crippen LogP contribution in [0, 0.1) is 6.92 Å². The number of hydrogen-bond donors (Lipinski definition) is 3. The van der Waals surface area contributed by atoms with Gasteiger partial charge in [-0.3, -0.25) is 4.79 Å². The van der Waals surface area contributed by atoms with Crippen molar-refractivity contribution in [3.05, 3.63) is 108 Å². The van der Waals surface area contributed by atoms with Crippen molar-refractivity contribution in [3.63, 3.8) is 0 Å². The number of aryl methyl sites for hydroxylation is 1. The SMILES string of the molecule is Cc1ccc(-c2nnc(Nc3ccc(C(=O)Nc4ccccc4)cc3)c3ccccc23)cc1S(=O)(=O)NC[C@@H]1CCCO1. The Morgan fingerprint density at radius 3 is 2.37 bits per heavy atom. The van der Waals surface area contributed by atoms with Gasteiger partial charge >= 0.3 is 0 Å². The molecule has 0 saturated carbocycles. The van der Waals surface area contributed by atoms with Crippen LogP contribution in [0.2, 0.25) is 0 Å². The van der Waals surface area contributed by atoms with E-state index < -0.39 is 10.0 Å². The maximum atomic E-state index is 13.2. The Balaban J connectivity index is 1.24. The topological polar surface area (TPSA) is 122 Å². The minimum Gasteiger partial charge on any atom is -0.377 e. The fourth-order valence-corrected chi connectivity index (χ4v) is 6.43. The molecule has 1 aliphatic rings. The Hall–Kier alpha value is -4.64. The number of nitrogens with one attached hydrogen (secondary N) is 3. The first-order valence-corrected chi connectivity index (χ1v) is 15.6. The zero-order valence-electron chi connectivity index (χ0n) is 23.6. The molecule has 5 aromatic rings. The van der Waals surface area contributed by atoms with Crippen molar-refractivity contribution in [2.45, 2.75) is 30.8 Å². The Morgan fingerprint density at radius 2 is 1.63 bits per heavy atom. The summed E-state index contributed by atoms with van der Waals surface area (Å²) in [5, 5.41) is 16.8. The lowest BCUT2D eigenvalue weighted by Gasteiger charge is -2.15. The predicted octanol–water partition coefficient (Wildman–Crippen LogP) is 6.06. The molecule has 3 N–H and O–H groups in total. The maximum absolute atomic E-state index is 13.2. The minimum atomic E-state index is -3.76. The smallest absolute Gasteiger partial charge is 0.255 e. The number of carbonyl (C=O) groups excluding carboxylic acids is 1. The lowest BCUT2D eigenvalue weighted by molar-refractivity contribution is 0.102. The van der Waals surface area contributed by atoms with E-state index in [-0.39, 0.29) is 23.5 Å². The second-order valence-corrected chi connectivity index (χ2v) is 12.2. The molecule has 1 amide bonds. The van der Waals surface area contributed by atoms with Gasteiger partial charge in [0.1, 0.15) is 5.69 Å². The van der Waals surface area contributed by atoms with E-state index >= 15 is 0 Å². The first kappa shape index (κ1) is 28.5. The van der Waals surface area contributed by atoms with Crippen molar-refractivity contribution < 1.29 is 17.9 Å². The number of nitrogens with zero attached hydrogens (tertiary/aromatic N) is 2. The second kappa shape index (κ2) is 12.3. The molecule has 0 spiro atoms. The lowest BCUT2D eigenvalue weighted by atomic mass is 10.0. The normalized spacial score (nSPS) is 15.0. The van der Waals surface area contributed by atoms with E-state index in [0.717, 1.165) is 35.0 Å². The molecule has 1 aromatic heterocycles. The molecule has 1 fully saturated rings. The fourth-order valence-electron chi connectivity index (χ4n) is 5.10. The van der Waals surface area contributed by atoms with Gasteiger partial charge in [0.2, 0.25) is 10.0 Å². The van der Waals surface area contributed by atoms with Gasteiger partial charge in [-0.15, -0.1) is 10.2 Å².